The Bertz CT molecular complexity index is 522. The predicted octanol–water partition coefficient (Wildman–Crippen LogP) is 2.22. The van der Waals surface area contributed by atoms with Crippen molar-refractivity contribution in [1.29, 1.82) is 0 Å². The molecule has 1 aromatic carbocycles. The van der Waals surface area contributed by atoms with Gasteiger partial charge in [-0.3, -0.25) is 4.55 Å². The van der Waals surface area contributed by atoms with Crippen LogP contribution in [0.4, 0.5) is 0 Å². The number of benzene rings is 1. The van der Waals surface area contributed by atoms with Crippen LogP contribution in [0.1, 0.15) is 25.0 Å². The Morgan fingerprint density at radius 2 is 1.89 bits per heavy atom. The van der Waals surface area contributed by atoms with Gasteiger partial charge in [-0.1, -0.05) is 13.0 Å². The third-order valence-corrected chi connectivity index (χ3v) is 3.65. The van der Waals surface area contributed by atoms with Gasteiger partial charge in [0.05, 0.1) is 6.61 Å². The van der Waals surface area contributed by atoms with Crippen molar-refractivity contribution in [3.63, 3.8) is 0 Å². The summed E-state index contributed by atoms with van der Waals surface area (Å²) in [6.45, 7) is 6.84. The Balaban J connectivity index is 3.12. The molecule has 0 amide bonds. The zero-order valence-electron chi connectivity index (χ0n) is 11.5. The number of aryl methyl sites for hydroxylation is 1. The smallest absolute Gasteiger partial charge is 0.298 e. The molecule has 0 unspecified atom stereocenters. The van der Waals surface area contributed by atoms with Gasteiger partial charge in [-0.2, -0.15) is 8.42 Å². The lowest BCUT2D eigenvalue weighted by molar-refractivity contribution is 0.108. The highest BCUT2D eigenvalue weighted by atomic mass is 32.2. The second kappa shape index (κ2) is 6.88. The maximum Gasteiger partial charge on any atom is 0.298 e. The van der Waals surface area contributed by atoms with Crippen LogP contribution in [-0.4, -0.2) is 32.8 Å². The van der Waals surface area contributed by atoms with E-state index in [0.717, 1.165) is 11.1 Å². The second-order valence-electron chi connectivity index (χ2n) is 4.06. The normalized spacial score (nSPS) is 11.6. The van der Waals surface area contributed by atoms with E-state index in [1.807, 2.05) is 20.8 Å². The summed E-state index contributed by atoms with van der Waals surface area (Å²) in [7, 11) is -4.29. The third-order valence-electron chi connectivity index (χ3n) is 2.77. The molecule has 1 N–H and O–H groups in total. The van der Waals surface area contributed by atoms with E-state index >= 15 is 0 Å². The zero-order valence-corrected chi connectivity index (χ0v) is 12.3. The van der Waals surface area contributed by atoms with E-state index in [-0.39, 0.29) is 17.3 Å². The van der Waals surface area contributed by atoms with E-state index in [1.54, 1.807) is 6.07 Å². The first kappa shape index (κ1) is 15.9. The quantitative estimate of drug-likeness (QED) is 0.615. The summed E-state index contributed by atoms with van der Waals surface area (Å²) in [5, 5.41) is 0. The number of ether oxygens (including phenoxy) is 2. The first-order valence-corrected chi connectivity index (χ1v) is 7.66. The van der Waals surface area contributed by atoms with E-state index < -0.39 is 10.1 Å². The molecule has 0 saturated carbocycles. The second-order valence-corrected chi connectivity index (χ2v) is 5.45. The van der Waals surface area contributed by atoms with Crippen molar-refractivity contribution in [2.24, 2.45) is 0 Å². The minimum Gasteiger partial charge on any atom is -0.489 e. The van der Waals surface area contributed by atoms with Crippen LogP contribution in [0.5, 0.6) is 5.75 Å². The number of hydrogen-bond donors (Lipinski definition) is 1. The molecule has 0 heterocycles. The molecular formula is C13H20O5S. The maximum atomic E-state index is 11.4. The molecule has 1 aromatic rings. The van der Waals surface area contributed by atoms with Crippen LogP contribution in [0.15, 0.2) is 17.0 Å². The minimum absolute atomic E-state index is 0.188. The van der Waals surface area contributed by atoms with Crippen LogP contribution in [-0.2, 0) is 21.3 Å². The van der Waals surface area contributed by atoms with Gasteiger partial charge in [0, 0.05) is 6.61 Å². The Kier molecular flexibility index (Phi) is 5.78. The molecule has 19 heavy (non-hydrogen) atoms. The highest BCUT2D eigenvalue weighted by Crippen LogP contribution is 2.31. The van der Waals surface area contributed by atoms with Crippen LogP contribution in [0.25, 0.3) is 0 Å². The third kappa shape index (κ3) is 4.19. The van der Waals surface area contributed by atoms with Crippen molar-refractivity contribution in [1.82, 2.24) is 0 Å². The molecule has 0 bridgehead atoms. The first-order chi connectivity index (χ1) is 8.91. The van der Waals surface area contributed by atoms with Crippen LogP contribution in [0.2, 0.25) is 0 Å². The largest absolute Gasteiger partial charge is 0.489 e. The molecule has 108 valence electrons. The van der Waals surface area contributed by atoms with Gasteiger partial charge in [0.25, 0.3) is 10.1 Å². The Morgan fingerprint density at radius 1 is 1.21 bits per heavy atom. The molecule has 5 nitrogen and oxygen atoms in total. The summed E-state index contributed by atoms with van der Waals surface area (Å²) in [6, 6.07) is 3.02. The summed E-state index contributed by atoms with van der Waals surface area (Å²) in [4.78, 5) is -0.188. The van der Waals surface area contributed by atoms with Crippen molar-refractivity contribution in [3.05, 3.63) is 23.3 Å². The van der Waals surface area contributed by atoms with E-state index in [9.17, 15) is 13.0 Å². The van der Waals surface area contributed by atoms with Gasteiger partial charge in [0.2, 0.25) is 0 Å². The van der Waals surface area contributed by atoms with Gasteiger partial charge >= 0.3 is 0 Å². The standard InChI is InChI=1S/C13H20O5S/c1-4-11-10(3)6-7-12(19(14,15)16)13(11)18-9-8-17-5-2/h6-7H,4-5,8-9H2,1-3H3,(H,14,15,16). The predicted molar refractivity (Wildman–Crippen MR) is 72.4 cm³/mol. The van der Waals surface area contributed by atoms with Crippen LogP contribution in [0, 0.1) is 6.92 Å². The molecule has 1 rings (SSSR count). The molecule has 0 spiro atoms. The fourth-order valence-corrected chi connectivity index (χ4v) is 2.51. The van der Waals surface area contributed by atoms with Gasteiger partial charge < -0.3 is 9.47 Å². The molecule has 0 atom stereocenters. The van der Waals surface area contributed by atoms with E-state index in [2.05, 4.69) is 0 Å². The fourth-order valence-electron chi connectivity index (χ4n) is 1.85. The summed E-state index contributed by atoms with van der Waals surface area (Å²) >= 11 is 0. The van der Waals surface area contributed by atoms with Gasteiger partial charge in [-0.25, -0.2) is 0 Å². The average molecular weight is 288 g/mol. The Hall–Kier alpha value is -1.11. The van der Waals surface area contributed by atoms with E-state index in [1.165, 1.54) is 6.07 Å². The molecule has 0 aliphatic carbocycles. The fraction of sp³-hybridized carbons (Fsp3) is 0.538. The van der Waals surface area contributed by atoms with Crippen LogP contribution in [0.3, 0.4) is 0 Å². The molecule has 0 aliphatic heterocycles. The highest BCUT2D eigenvalue weighted by Gasteiger charge is 2.20. The molecule has 0 saturated heterocycles. The Labute approximate surface area is 114 Å². The monoisotopic (exact) mass is 288 g/mol. The van der Waals surface area contributed by atoms with E-state index in [4.69, 9.17) is 9.47 Å². The molecular weight excluding hydrogens is 268 g/mol. The summed E-state index contributed by atoms with van der Waals surface area (Å²) in [5.74, 6) is 0.227. The zero-order chi connectivity index (χ0) is 14.5. The lowest BCUT2D eigenvalue weighted by atomic mass is 10.1. The van der Waals surface area contributed by atoms with Gasteiger partial charge in [0.15, 0.2) is 0 Å². The summed E-state index contributed by atoms with van der Waals surface area (Å²) in [5.41, 5.74) is 1.72. The summed E-state index contributed by atoms with van der Waals surface area (Å²) < 4.78 is 42.6. The molecule has 0 aliphatic rings. The van der Waals surface area contributed by atoms with Gasteiger partial charge in [0.1, 0.15) is 17.3 Å². The van der Waals surface area contributed by atoms with Crippen molar-refractivity contribution in [3.8, 4) is 5.75 Å². The lowest BCUT2D eigenvalue weighted by Crippen LogP contribution is -2.11. The maximum absolute atomic E-state index is 11.4. The summed E-state index contributed by atoms with van der Waals surface area (Å²) in [6.07, 6.45) is 0.624. The molecule has 0 aromatic heterocycles. The number of hydrogen-bond acceptors (Lipinski definition) is 4. The molecule has 0 fully saturated rings. The molecule has 6 heteroatoms. The van der Waals surface area contributed by atoms with Gasteiger partial charge in [-0.15, -0.1) is 0 Å². The van der Waals surface area contributed by atoms with Crippen molar-refractivity contribution < 1.29 is 22.4 Å². The topological polar surface area (TPSA) is 72.8 Å². The van der Waals surface area contributed by atoms with Crippen molar-refractivity contribution >= 4 is 10.1 Å². The average Bonchev–Trinajstić information content (AvgIpc) is 2.33. The van der Waals surface area contributed by atoms with Gasteiger partial charge in [-0.05, 0) is 37.5 Å². The number of rotatable bonds is 7. The molecule has 0 radical (unpaired) electrons. The highest BCUT2D eigenvalue weighted by molar-refractivity contribution is 7.86. The van der Waals surface area contributed by atoms with Crippen LogP contribution < -0.4 is 4.74 Å². The first-order valence-electron chi connectivity index (χ1n) is 6.22. The van der Waals surface area contributed by atoms with Crippen molar-refractivity contribution in [2.75, 3.05) is 19.8 Å². The SMILES string of the molecule is CCOCCOc1c(S(=O)(=O)O)ccc(C)c1CC. The lowest BCUT2D eigenvalue weighted by Gasteiger charge is -2.15. The minimum atomic E-state index is -4.29. The van der Waals surface area contributed by atoms with E-state index in [0.29, 0.717) is 19.6 Å². The van der Waals surface area contributed by atoms with Crippen molar-refractivity contribution in [2.45, 2.75) is 32.1 Å². The Morgan fingerprint density at radius 3 is 2.42 bits per heavy atom. The van der Waals surface area contributed by atoms with Crippen LogP contribution >= 0.6 is 0 Å².